The topological polar surface area (TPSA) is 81.8 Å². The number of aryl methyl sites for hydroxylation is 1. The smallest absolute Gasteiger partial charge is 0.329 e. The van der Waals surface area contributed by atoms with E-state index in [9.17, 15) is 14.4 Å². The van der Waals surface area contributed by atoms with Gasteiger partial charge in [0, 0.05) is 28.5 Å². The largest absolute Gasteiger partial charge is 0.366 e. The fraction of sp³-hybridized carbons (Fsp3) is 0.370. The Hall–Kier alpha value is -3.32. The Morgan fingerprint density at radius 2 is 1.91 bits per heavy atom. The molecule has 1 fully saturated rings. The van der Waals surface area contributed by atoms with Gasteiger partial charge in [-0.15, -0.1) is 0 Å². The van der Waals surface area contributed by atoms with Crippen LogP contribution in [-0.4, -0.2) is 41.4 Å². The highest BCUT2D eigenvalue weighted by atomic mass is 35.5. The molecule has 2 aromatic rings. The van der Waals surface area contributed by atoms with E-state index < -0.39 is 17.8 Å². The molecule has 0 aliphatic carbocycles. The number of nitrogens with zero attached hydrogens (tertiary/aromatic N) is 2. The van der Waals surface area contributed by atoms with E-state index in [1.165, 1.54) is 11.3 Å². The Balaban J connectivity index is 1.55. The molecular weight excluding hydrogens is 464 g/mol. The van der Waals surface area contributed by atoms with Gasteiger partial charge in [-0.2, -0.15) is 0 Å². The summed E-state index contributed by atoms with van der Waals surface area (Å²) in [5.41, 5.74) is 5.11. The van der Waals surface area contributed by atoms with Crippen molar-refractivity contribution in [2.75, 3.05) is 23.3 Å². The maximum atomic E-state index is 13.0. The molecule has 0 unspecified atom stereocenters. The Labute approximate surface area is 211 Å². The third-order valence-electron chi connectivity index (χ3n) is 6.78. The molecule has 4 rings (SSSR count). The highest BCUT2D eigenvalue weighted by Crippen LogP contribution is 2.44. The Morgan fingerprint density at radius 3 is 2.57 bits per heavy atom. The molecule has 4 amide bonds. The molecule has 0 spiro atoms. The van der Waals surface area contributed by atoms with Crippen LogP contribution in [-0.2, 0) is 9.59 Å². The maximum Gasteiger partial charge on any atom is 0.329 e. The summed E-state index contributed by atoms with van der Waals surface area (Å²) in [7, 11) is 0. The van der Waals surface area contributed by atoms with Crippen LogP contribution in [0.2, 0.25) is 5.02 Å². The van der Waals surface area contributed by atoms with Gasteiger partial charge in [0.2, 0.25) is 5.91 Å². The molecule has 8 heteroatoms. The van der Waals surface area contributed by atoms with Crippen molar-refractivity contribution in [3.63, 3.8) is 0 Å². The number of rotatable bonds is 5. The minimum atomic E-state index is -0.615. The lowest BCUT2D eigenvalue weighted by molar-refractivity contribution is -0.127. The first-order valence-corrected chi connectivity index (χ1v) is 12.2. The van der Waals surface area contributed by atoms with Gasteiger partial charge in [0.15, 0.2) is 0 Å². The molecule has 0 aromatic heterocycles. The summed E-state index contributed by atoms with van der Waals surface area (Å²) in [6, 6.07) is 10.3. The number of imide groups is 1. The van der Waals surface area contributed by atoms with Crippen molar-refractivity contribution in [1.29, 1.82) is 0 Å². The minimum Gasteiger partial charge on any atom is -0.366 e. The fourth-order valence-corrected chi connectivity index (χ4v) is 5.28. The van der Waals surface area contributed by atoms with Gasteiger partial charge in [-0.3, -0.25) is 9.59 Å². The summed E-state index contributed by atoms with van der Waals surface area (Å²) in [5.74, 6) is -0.636. The highest BCUT2D eigenvalue weighted by molar-refractivity contribution is 6.30. The van der Waals surface area contributed by atoms with Crippen molar-refractivity contribution in [2.24, 2.45) is 0 Å². The van der Waals surface area contributed by atoms with Crippen molar-refractivity contribution in [1.82, 2.24) is 10.2 Å². The SMILES string of the molecule is CCN1c2cc(C)c(/C=C3\NC(=O)N(CC(=O)Nc4ccc(Cl)cc4)C3=O)cc2[C@@H](C)CC1(C)C. The zero-order chi connectivity index (χ0) is 25.5. The predicted molar refractivity (Wildman–Crippen MR) is 140 cm³/mol. The maximum absolute atomic E-state index is 13.0. The summed E-state index contributed by atoms with van der Waals surface area (Å²) in [6.45, 7) is 11.5. The first-order valence-electron chi connectivity index (χ1n) is 11.8. The van der Waals surface area contributed by atoms with Crippen LogP contribution in [0.25, 0.3) is 6.08 Å². The quantitative estimate of drug-likeness (QED) is 0.437. The van der Waals surface area contributed by atoms with Crippen LogP contribution in [0.4, 0.5) is 16.2 Å². The molecule has 7 nitrogen and oxygen atoms in total. The summed E-state index contributed by atoms with van der Waals surface area (Å²) in [6.07, 6.45) is 2.73. The fourth-order valence-electron chi connectivity index (χ4n) is 5.15. The molecule has 1 saturated heterocycles. The minimum absolute atomic E-state index is 0.0655. The molecule has 2 aliphatic rings. The number of urea groups is 1. The van der Waals surface area contributed by atoms with E-state index in [1.807, 2.05) is 6.92 Å². The van der Waals surface area contributed by atoms with E-state index >= 15 is 0 Å². The van der Waals surface area contributed by atoms with Gasteiger partial charge in [0.1, 0.15) is 12.2 Å². The second-order valence-electron chi connectivity index (χ2n) is 9.86. The molecule has 184 valence electrons. The summed E-state index contributed by atoms with van der Waals surface area (Å²) in [4.78, 5) is 41.2. The van der Waals surface area contributed by atoms with E-state index in [0.717, 1.165) is 29.0 Å². The molecule has 2 aromatic carbocycles. The molecule has 0 bridgehead atoms. The lowest BCUT2D eigenvalue weighted by Gasteiger charge is -2.47. The molecule has 0 radical (unpaired) electrons. The van der Waals surface area contributed by atoms with Crippen LogP contribution in [0.1, 0.15) is 56.7 Å². The second kappa shape index (κ2) is 9.38. The second-order valence-corrected chi connectivity index (χ2v) is 10.3. The molecule has 0 saturated carbocycles. The lowest BCUT2D eigenvalue weighted by Crippen LogP contribution is -2.48. The van der Waals surface area contributed by atoms with E-state index in [2.05, 4.69) is 55.4 Å². The normalized spacial score (nSPS) is 20.2. The van der Waals surface area contributed by atoms with Crippen molar-refractivity contribution in [3.05, 3.63) is 63.8 Å². The number of carbonyl (C=O) groups is 3. The van der Waals surface area contributed by atoms with Crippen molar-refractivity contribution in [3.8, 4) is 0 Å². The Kier molecular flexibility index (Phi) is 6.64. The average molecular weight is 495 g/mol. The summed E-state index contributed by atoms with van der Waals surface area (Å²) < 4.78 is 0. The van der Waals surface area contributed by atoms with E-state index in [1.54, 1.807) is 30.3 Å². The van der Waals surface area contributed by atoms with Crippen LogP contribution in [0.3, 0.4) is 0 Å². The van der Waals surface area contributed by atoms with Gasteiger partial charge in [-0.25, -0.2) is 9.69 Å². The van der Waals surface area contributed by atoms with Crippen LogP contribution >= 0.6 is 11.6 Å². The third-order valence-corrected chi connectivity index (χ3v) is 7.03. The predicted octanol–water partition coefficient (Wildman–Crippen LogP) is 5.29. The van der Waals surface area contributed by atoms with Gasteiger partial charge in [-0.05, 0) is 99.2 Å². The highest BCUT2D eigenvalue weighted by Gasteiger charge is 2.37. The number of amides is 4. The molecule has 2 heterocycles. The number of halogens is 1. The molecule has 2 N–H and O–H groups in total. The van der Waals surface area contributed by atoms with Gasteiger partial charge >= 0.3 is 6.03 Å². The lowest BCUT2D eigenvalue weighted by atomic mass is 9.79. The van der Waals surface area contributed by atoms with E-state index in [4.69, 9.17) is 11.6 Å². The first kappa shape index (κ1) is 24.8. The average Bonchev–Trinajstić information content (AvgIpc) is 3.03. The number of fused-ring (bicyclic) bond motifs is 1. The number of nitrogens with one attached hydrogen (secondary N) is 2. The summed E-state index contributed by atoms with van der Waals surface area (Å²) in [5, 5.41) is 5.84. The number of hydrogen-bond donors (Lipinski definition) is 2. The van der Waals surface area contributed by atoms with Gasteiger partial charge in [0.05, 0.1) is 0 Å². The number of benzene rings is 2. The van der Waals surface area contributed by atoms with Crippen molar-refractivity contribution >= 4 is 46.9 Å². The molecule has 35 heavy (non-hydrogen) atoms. The first-order chi connectivity index (χ1) is 16.5. The van der Waals surface area contributed by atoms with Crippen LogP contribution in [0, 0.1) is 6.92 Å². The van der Waals surface area contributed by atoms with E-state index in [-0.39, 0.29) is 17.8 Å². The van der Waals surface area contributed by atoms with Gasteiger partial charge in [0.25, 0.3) is 5.91 Å². The zero-order valence-corrected chi connectivity index (χ0v) is 21.5. The van der Waals surface area contributed by atoms with Gasteiger partial charge in [-0.1, -0.05) is 18.5 Å². The van der Waals surface area contributed by atoms with Crippen molar-refractivity contribution < 1.29 is 14.4 Å². The van der Waals surface area contributed by atoms with Crippen LogP contribution < -0.4 is 15.5 Å². The van der Waals surface area contributed by atoms with Crippen LogP contribution in [0.5, 0.6) is 0 Å². The zero-order valence-electron chi connectivity index (χ0n) is 20.7. The Bertz CT molecular complexity index is 1220. The third kappa shape index (κ3) is 4.91. The van der Waals surface area contributed by atoms with Gasteiger partial charge < -0.3 is 15.5 Å². The number of carbonyl (C=O) groups excluding carboxylic acids is 3. The molecule has 2 aliphatic heterocycles. The van der Waals surface area contributed by atoms with Crippen LogP contribution in [0.15, 0.2) is 42.1 Å². The summed E-state index contributed by atoms with van der Waals surface area (Å²) >= 11 is 5.86. The molecule has 1 atom stereocenters. The van der Waals surface area contributed by atoms with E-state index in [0.29, 0.717) is 16.6 Å². The number of anilines is 2. The number of hydrogen-bond acceptors (Lipinski definition) is 4. The Morgan fingerprint density at radius 1 is 1.23 bits per heavy atom. The van der Waals surface area contributed by atoms with Crippen molar-refractivity contribution in [2.45, 2.75) is 52.5 Å². The standard InChI is InChI=1S/C27H31ClN4O3/c1-6-32-23-11-16(2)18(12-21(23)17(3)14-27(32,4)5)13-22-25(34)31(26(35)30-22)15-24(33)29-20-9-7-19(28)8-10-20/h7-13,17H,6,14-15H2,1-5H3,(H,29,33)(H,30,35)/b22-13-/t17-/m0/s1. The monoisotopic (exact) mass is 494 g/mol. The molecular formula is C27H31ClN4O3.